The number of carbonyl (C=O) groups is 1. The van der Waals surface area contributed by atoms with Crippen LogP contribution in [0.15, 0.2) is 16.7 Å². The number of thiophene rings is 1. The Labute approximate surface area is 124 Å². The summed E-state index contributed by atoms with van der Waals surface area (Å²) in [6.07, 6.45) is 0. The van der Waals surface area contributed by atoms with Gasteiger partial charge in [0.2, 0.25) is 5.89 Å². The molecule has 3 aromatic rings. The maximum atomic E-state index is 12.2. The molecule has 0 saturated heterocycles. The Morgan fingerprint density at radius 1 is 1.38 bits per heavy atom. The molecule has 0 fully saturated rings. The predicted molar refractivity (Wildman–Crippen MR) is 79.0 cm³/mol. The van der Waals surface area contributed by atoms with Crippen molar-refractivity contribution in [3.63, 3.8) is 0 Å². The number of amides is 1. The molecule has 0 radical (unpaired) electrons. The van der Waals surface area contributed by atoms with Crippen LogP contribution in [0.3, 0.4) is 0 Å². The van der Waals surface area contributed by atoms with E-state index in [1.807, 2.05) is 19.1 Å². The van der Waals surface area contributed by atoms with Crippen molar-refractivity contribution in [1.82, 2.24) is 20.4 Å². The average molecular weight is 303 g/mol. The Morgan fingerprint density at radius 2 is 2.19 bits per heavy atom. The highest BCUT2D eigenvalue weighted by Gasteiger charge is 2.17. The first-order valence-corrected chi connectivity index (χ1v) is 7.09. The molecule has 1 amide bonds. The summed E-state index contributed by atoms with van der Waals surface area (Å²) in [5.74, 6) is 0.610. The highest BCUT2D eigenvalue weighted by atomic mass is 32.1. The van der Waals surface area contributed by atoms with Crippen LogP contribution < -0.4 is 11.1 Å². The second kappa shape index (κ2) is 5.13. The van der Waals surface area contributed by atoms with E-state index in [4.69, 9.17) is 10.3 Å². The number of fused-ring (bicyclic) bond motifs is 1. The first kappa shape index (κ1) is 13.5. The largest absolute Gasteiger partial charge is 0.397 e. The van der Waals surface area contributed by atoms with Crippen molar-refractivity contribution in [3.8, 4) is 0 Å². The standard InChI is InChI=1S/C13H13N5O2S/c1-6-3-4-8-10(14)11(21-13(8)16-6)12(19)15-5-9-17-7(2)18-20-9/h3-4H,5,14H2,1-2H3,(H,15,19). The molecular formula is C13H13N5O2S. The molecule has 0 aromatic carbocycles. The summed E-state index contributed by atoms with van der Waals surface area (Å²) in [5.41, 5.74) is 7.35. The van der Waals surface area contributed by atoms with Crippen molar-refractivity contribution in [3.05, 3.63) is 34.4 Å². The summed E-state index contributed by atoms with van der Waals surface area (Å²) >= 11 is 1.27. The molecule has 3 N–H and O–H groups in total. The van der Waals surface area contributed by atoms with E-state index in [0.29, 0.717) is 22.3 Å². The second-order valence-electron chi connectivity index (χ2n) is 4.57. The summed E-state index contributed by atoms with van der Waals surface area (Å²) in [4.78, 5) is 21.8. The van der Waals surface area contributed by atoms with Crippen LogP contribution >= 0.6 is 11.3 Å². The zero-order valence-corrected chi connectivity index (χ0v) is 12.3. The van der Waals surface area contributed by atoms with E-state index in [9.17, 15) is 4.79 Å². The predicted octanol–water partition coefficient (Wildman–Crippen LogP) is 1.81. The zero-order chi connectivity index (χ0) is 15.0. The van der Waals surface area contributed by atoms with Crippen molar-refractivity contribution in [2.24, 2.45) is 0 Å². The van der Waals surface area contributed by atoms with Gasteiger partial charge in [0, 0.05) is 11.1 Å². The molecule has 0 bridgehead atoms. The van der Waals surface area contributed by atoms with Gasteiger partial charge in [0.05, 0.1) is 12.2 Å². The Bertz CT molecular complexity index is 823. The maximum absolute atomic E-state index is 12.2. The number of hydrogen-bond acceptors (Lipinski definition) is 7. The number of pyridine rings is 1. The molecule has 7 nitrogen and oxygen atoms in total. The summed E-state index contributed by atoms with van der Waals surface area (Å²) in [6, 6.07) is 3.75. The molecule has 3 heterocycles. The molecule has 108 valence electrons. The summed E-state index contributed by atoms with van der Waals surface area (Å²) in [6.45, 7) is 3.78. The fraction of sp³-hybridized carbons (Fsp3) is 0.231. The molecule has 8 heteroatoms. The third kappa shape index (κ3) is 2.57. The lowest BCUT2D eigenvalue weighted by atomic mass is 10.2. The Kier molecular flexibility index (Phi) is 3.30. The van der Waals surface area contributed by atoms with E-state index in [1.165, 1.54) is 11.3 Å². The number of aromatic nitrogens is 3. The monoisotopic (exact) mass is 303 g/mol. The van der Waals surface area contributed by atoms with Crippen LogP contribution in [0, 0.1) is 13.8 Å². The van der Waals surface area contributed by atoms with Crippen LogP contribution in [0.4, 0.5) is 5.69 Å². The lowest BCUT2D eigenvalue weighted by Crippen LogP contribution is -2.22. The van der Waals surface area contributed by atoms with Crippen molar-refractivity contribution in [1.29, 1.82) is 0 Å². The smallest absolute Gasteiger partial charge is 0.264 e. The first-order chi connectivity index (χ1) is 10.0. The minimum absolute atomic E-state index is 0.166. The number of nitrogens with two attached hydrogens (primary N) is 1. The van der Waals surface area contributed by atoms with Gasteiger partial charge < -0.3 is 15.6 Å². The van der Waals surface area contributed by atoms with E-state index < -0.39 is 0 Å². The molecule has 0 unspecified atom stereocenters. The van der Waals surface area contributed by atoms with E-state index >= 15 is 0 Å². The molecule has 0 aliphatic carbocycles. The molecule has 0 aliphatic rings. The zero-order valence-electron chi connectivity index (χ0n) is 11.5. The highest BCUT2D eigenvalue weighted by Crippen LogP contribution is 2.32. The summed E-state index contributed by atoms with van der Waals surface area (Å²) in [7, 11) is 0. The van der Waals surface area contributed by atoms with Crippen molar-refractivity contribution in [2.45, 2.75) is 20.4 Å². The van der Waals surface area contributed by atoms with Gasteiger partial charge in [-0.15, -0.1) is 11.3 Å². The molecule has 0 atom stereocenters. The fourth-order valence-electron chi connectivity index (χ4n) is 1.91. The average Bonchev–Trinajstić information content (AvgIpc) is 3.00. The molecule has 3 rings (SSSR count). The van der Waals surface area contributed by atoms with Gasteiger partial charge in [-0.05, 0) is 26.0 Å². The van der Waals surface area contributed by atoms with Crippen LogP contribution in [0.25, 0.3) is 10.2 Å². The van der Waals surface area contributed by atoms with Gasteiger partial charge in [-0.2, -0.15) is 4.98 Å². The van der Waals surface area contributed by atoms with Crippen LogP contribution in [0.5, 0.6) is 0 Å². The molecule has 21 heavy (non-hydrogen) atoms. The van der Waals surface area contributed by atoms with E-state index in [2.05, 4.69) is 20.4 Å². The third-order valence-electron chi connectivity index (χ3n) is 2.91. The third-order valence-corrected chi connectivity index (χ3v) is 4.02. The van der Waals surface area contributed by atoms with Gasteiger partial charge in [0.15, 0.2) is 5.82 Å². The van der Waals surface area contributed by atoms with Crippen molar-refractivity contribution >= 4 is 33.1 Å². The lowest BCUT2D eigenvalue weighted by Gasteiger charge is -2.00. The number of carbonyl (C=O) groups excluding carboxylic acids is 1. The molecule has 3 aromatic heterocycles. The van der Waals surface area contributed by atoms with Crippen LogP contribution in [0.1, 0.15) is 27.1 Å². The number of nitrogens with one attached hydrogen (secondary N) is 1. The Hall–Kier alpha value is -2.48. The second-order valence-corrected chi connectivity index (χ2v) is 5.57. The number of nitrogens with zero attached hydrogens (tertiary/aromatic N) is 3. The number of nitrogen functional groups attached to an aromatic ring is 1. The van der Waals surface area contributed by atoms with Crippen LogP contribution in [-0.4, -0.2) is 21.0 Å². The molecule has 0 aliphatic heterocycles. The lowest BCUT2D eigenvalue weighted by molar-refractivity contribution is 0.0951. The SMILES string of the molecule is Cc1ccc2c(N)c(C(=O)NCc3nc(C)no3)sc2n1. The van der Waals surface area contributed by atoms with Crippen LogP contribution in [-0.2, 0) is 6.54 Å². The molecule has 0 saturated carbocycles. The van der Waals surface area contributed by atoms with Gasteiger partial charge in [0.1, 0.15) is 9.71 Å². The minimum atomic E-state index is -0.274. The van der Waals surface area contributed by atoms with Gasteiger partial charge in [0.25, 0.3) is 5.91 Å². The number of hydrogen-bond donors (Lipinski definition) is 2. The number of rotatable bonds is 3. The van der Waals surface area contributed by atoms with Gasteiger partial charge in [-0.3, -0.25) is 4.79 Å². The maximum Gasteiger partial charge on any atom is 0.264 e. The number of aryl methyl sites for hydroxylation is 2. The van der Waals surface area contributed by atoms with Gasteiger partial charge in [-0.25, -0.2) is 4.98 Å². The number of anilines is 1. The van der Waals surface area contributed by atoms with Crippen molar-refractivity contribution in [2.75, 3.05) is 5.73 Å². The minimum Gasteiger partial charge on any atom is -0.397 e. The van der Waals surface area contributed by atoms with E-state index in [1.54, 1.807) is 6.92 Å². The molecule has 0 spiro atoms. The van der Waals surface area contributed by atoms with Crippen molar-refractivity contribution < 1.29 is 9.32 Å². The normalized spacial score (nSPS) is 11.0. The summed E-state index contributed by atoms with van der Waals surface area (Å²) < 4.78 is 4.94. The summed E-state index contributed by atoms with van der Waals surface area (Å²) in [5, 5.41) is 7.17. The van der Waals surface area contributed by atoms with E-state index in [0.717, 1.165) is 15.9 Å². The van der Waals surface area contributed by atoms with E-state index in [-0.39, 0.29) is 12.5 Å². The highest BCUT2D eigenvalue weighted by molar-refractivity contribution is 7.21. The molecular weight excluding hydrogens is 290 g/mol. The van der Waals surface area contributed by atoms with Gasteiger partial charge in [-0.1, -0.05) is 5.16 Å². The Balaban J connectivity index is 1.82. The van der Waals surface area contributed by atoms with Gasteiger partial charge >= 0.3 is 0 Å². The fourth-order valence-corrected chi connectivity index (χ4v) is 2.96. The Morgan fingerprint density at radius 3 is 2.90 bits per heavy atom. The van der Waals surface area contributed by atoms with Crippen LogP contribution in [0.2, 0.25) is 0 Å². The first-order valence-electron chi connectivity index (χ1n) is 6.27. The quantitative estimate of drug-likeness (QED) is 0.764. The topological polar surface area (TPSA) is 107 Å².